The average Bonchev–Trinajstić information content (AvgIpc) is 2.74. The number of hydrogen-bond acceptors (Lipinski definition) is 2. The first-order valence-electron chi connectivity index (χ1n) is 5.95. The van der Waals surface area contributed by atoms with Gasteiger partial charge in [-0.2, -0.15) is 5.10 Å². The van der Waals surface area contributed by atoms with Crippen LogP contribution in [0.25, 0.3) is 5.69 Å². The van der Waals surface area contributed by atoms with E-state index in [0.29, 0.717) is 17.0 Å². The molecule has 0 bridgehead atoms. The number of aromatic nitrogens is 2. The van der Waals surface area contributed by atoms with Crippen LogP contribution in [0.3, 0.4) is 0 Å². The Hall–Kier alpha value is -1.46. The topological polar surface area (TPSA) is 43.8 Å². The van der Waals surface area contributed by atoms with Crippen LogP contribution in [-0.4, -0.2) is 15.8 Å². The summed E-state index contributed by atoms with van der Waals surface area (Å²) in [5.41, 5.74) is 6.08. The minimum Gasteiger partial charge on any atom is -0.327 e. The normalized spacial score (nSPS) is 12.7. The summed E-state index contributed by atoms with van der Waals surface area (Å²) in [6, 6.07) is 2.45. The molecule has 0 spiro atoms. The second-order valence-corrected chi connectivity index (χ2v) is 4.82. The van der Waals surface area contributed by atoms with Gasteiger partial charge in [-0.1, -0.05) is 18.5 Å². The lowest BCUT2D eigenvalue weighted by molar-refractivity contribution is 0.552. The van der Waals surface area contributed by atoms with Gasteiger partial charge >= 0.3 is 0 Å². The Morgan fingerprint density at radius 2 is 2.00 bits per heavy atom. The second-order valence-electron chi connectivity index (χ2n) is 4.38. The van der Waals surface area contributed by atoms with Crippen molar-refractivity contribution < 1.29 is 8.78 Å². The van der Waals surface area contributed by atoms with Gasteiger partial charge in [0, 0.05) is 12.2 Å². The fraction of sp³-hybridized carbons (Fsp3) is 0.308. The van der Waals surface area contributed by atoms with E-state index in [1.807, 2.05) is 6.92 Å². The maximum Gasteiger partial charge on any atom is 0.152 e. The van der Waals surface area contributed by atoms with Gasteiger partial charge in [-0.3, -0.25) is 0 Å². The number of benzene rings is 1. The van der Waals surface area contributed by atoms with Crippen molar-refractivity contribution in [2.45, 2.75) is 25.8 Å². The summed E-state index contributed by atoms with van der Waals surface area (Å²) in [6.45, 7) is 1.93. The van der Waals surface area contributed by atoms with Crippen molar-refractivity contribution in [1.29, 1.82) is 0 Å². The van der Waals surface area contributed by atoms with Gasteiger partial charge in [0.15, 0.2) is 11.6 Å². The first-order valence-corrected chi connectivity index (χ1v) is 6.33. The van der Waals surface area contributed by atoms with Crippen LogP contribution in [0.2, 0.25) is 5.02 Å². The van der Waals surface area contributed by atoms with Crippen molar-refractivity contribution >= 4 is 11.6 Å². The molecule has 0 amide bonds. The van der Waals surface area contributed by atoms with Crippen LogP contribution in [-0.2, 0) is 6.42 Å². The van der Waals surface area contributed by atoms with E-state index < -0.39 is 11.6 Å². The van der Waals surface area contributed by atoms with Crippen molar-refractivity contribution in [2.75, 3.05) is 0 Å². The van der Waals surface area contributed by atoms with Gasteiger partial charge in [-0.05, 0) is 30.5 Å². The Labute approximate surface area is 115 Å². The number of hydrogen-bond donors (Lipinski definition) is 1. The molecule has 0 saturated carbocycles. The molecule has 2 aromatic rings. The van der Waals surface area contributed by atoms with E-state index in [0.717, 1.165) is 11.1 Å². The number of rotatable bonds is 4. The molecule has 1 aromatic carbocycles. The summed E-state index contributed by atoms with van der Waals surface area (Å²) < 4.78 is 29.0. The van der Waals surface area contributed by atoms with Crippen LogP contribution >= 0.6 is 11.6 Å². The third-order valence-corrected chi connectivity index (χ3v) is 3.07. The first-order chi connectivity index (χ1) is 9.01. The highest BCUT2D eigenvalue weighted by molar-refractivity contribution is 6.30. The molecule has 1 atom stereocenters. The van der Waals surface area contributed by atoms with Gasteiger partial charge in [0.25, 0.3) is 0 Å². The fourth-order valence-corrected chi connectivity index (χ4v) is 1.96. The zero-order chi connectivity index (χ0) is 14.0. The molecule has 0 fully saturated rings. The number of nitrogens with zero attached hydrogens (tertiary/aromatic N) is 2. The average molecular weight is 286 g/mol. The Morgan fingerprint density at radius 1 is 1.37 bits per heavy atom. The minimum atomic E-state index is -0.682. The third kappa shape index (κ3) is 3.11. The molecule has 1 heterocycles. The summed E-state index contributed by atoms with van der Waals surface area (Å²) in [7, 11) is 0. The molecular formula is C13H14ClF2N3. The molecular weight excluding hydrogens is 272 g/mol. The van der Waals surface area contributed by atoms with Gasteiger partial charge in [-0.25, -0.2) is 13.5 Å². The molecule has 3 nitrogen and oxygen atoms in total. The highest BCUT2D eigenvalue weighted by Crippen LogP contribution is 2.21. The standard InChI is InChI=1S/C13H14ClF2N3/c1-2-10(17)3-8-4-11(15)13(12(16)5-8)19-7-9(14)6-18-19/h4-7,10H,2-3,17H2,1H3. The van der Waals surface area contributed by atoms with Crippen molar-refractivity contribution in [3.8, 4) is 5.69 Å². The van der Waals surface area contributed by atoms with E-state index in [4.69, 9.17) is 17.3 Å². The van der Waals surface area contributed by atoms with Crippen LogP contribution in [0.5, 0.6) is 0 Å². The summed E-state index contributed by atoms with van der Waals surface area (Å²) in [4.78, 5) is 0. The summed E-state index contributed by atoms with van der Waals surface area (Å²) in [5, 5.41) is 4.11. The second kappa shape index (κ2) is 5.67. The van der Waals surface area contributed by atoms with Crippen LogP contribution < -0.4 is 5.73 Å². The molecule has 0 saturated heterocycles. The zero-order valence-electron chi connectivity index (χ0n) is 10.4. The first kappa shape index (κ1) is 14.0. The molecule has 1 aromatic heterocycles. The minimum absolute atomic E-state index is 0.108. The quantitative estimate of drug-likeness (QED) is 0.938. The molecule has 1 unspecified atom stereocenters. The Bertz CT molecular complexity index is 560. The number of nitrogens with two attached hydrogens (primary N) is 1. The van der Waals surface area contributed by atoms with E-state index >= 15 is 0 Å². The van der Waals surface area contributed by atoms with Gasteiger partial charge in [0.05, 0.1) is 11.2 Å². The largest absolute Gasteiger partial charge is 0.327 e. The predicted molar refractivity (Wildman–Crippen MR) is 70.5 cm³/mol. The van der Waals surface area contributed by atoms with Crippen LogP contribution in [0, 0.1) is 11.6 Å². The maximum atomic E-state index is 14.0. The Kier molecular flexibility index (Phi) is 4.17. The van der Waals surface area contributed by atoms with Crippen LogP contribution in [0.15, 0.2) is 24.5 Å². The lowest BCUT2D eigenvalue weighted by Crippen LogP contribution is -2.21. The van der Waals surface area contributed by atoms with E-state index in [1.165, 1.54) is 24.5 Å². The highest BCUT2D eigenvalue weighted by Gasteiger charge is 2.15. The molecule has 102 valence electrons. The molecule has 6 heteroatoms. The van der Waals surface area contributed by atoms with E-state index in [9.17, 15) is 8.78 Å². The molecule has 2 N–H and O–H groups in total. The van der Waals surface area contributed by atoms with Gasteiger partial charge in [0.2, 0.25) is 0 Å². The lowest BCUT2D eigenvalue weighted by Gasteiger charge is -2.11. The Balaban J connectivity index is 2.37. The zero-order valence-corrected chi connectivity index (χ0v) is 11.2. The van der Waals surface area contributed by atoms with Crippen LogP contribution in [0.1, 0.15) is 18.9 Å². The lowest BCUT2D eigenvalue weighted by atomic mass is 10.0. The van der Waals surface area contributed by atoms with Crippen molar-refractivity contribution in [3.63, 3.8) is 0 Å². The Morgan fingerprint density at radius 3 is 2.47 bits per heavy atom. The summed E-state index contributed by atoms with van der Waals surface area (Å²) >= 11 is 5.69. The maximum absolute atomic E-state index is 14.0. The molecule has 0 radical (unpaired) electrons. The molecule has 19 heavy (non-hydrogen) atoms. The van der Waals surface area contributed by atoms with E-state index in [2.05, 4.69) is 5.10 Å². The van der Waals surface area contributed by atoms with Crippen molar-refractivity contribution in [1.82, 2.24) is 9.78 Å². The fourth-order valence-electron chi connectivity index (χ4n) is 1.82. The molecule has 2 rings (SSSR count). The monoisotopic (exact) mass is 285 g/mol. The van der Waals surface area contributed by atoms with Crippen molar-refractivity contribution in [3.05, 3.63) is 46.7 Å². The summed E-state index contributed by atoms with van der Waals surface area (Å²) in [6.07, 6.45) is 3.85. The predicted octanol–water partition coefficient (Wildman–Crippen LogP) is 3.08. The SMILES string of the molecule is CCC(N)Cc1cc(F)c(-n2cc(Cl)cn2)c(F)c1. The van der Waals surface area contributed by atoms with E-state index in [1.54, 1.807) is 0 Å². The van der Waals surface area contributed by atoms with Gasteiger partial charge in [-0.15, -0.1) is 0 Å². The van der Waals surface area contributed by atoms with E-state index in [-0.39, 0.29) is 11.7 Å². The third-order valence-electron chi connectivity index (χ3n) is 2.88. The van der Waals surface area contributed by atoms with Crippen molar-refractivity contribution in [2.24, 2.45) is 5.73 Å². The molecule has 0 aliphatic carbocycles. The highest BCUT2D eigenvalue weighted by atomic mass is 35.5. The molecule has 0 aliphatic rings. The molecule has 0 aliphatic heterocycles. The van der Waals surface area contributed by atoms with Gasteiger partial charge in [0.1, 0.15) is 5.69 Å². The summed E-state index contributed by atoms with van der Waals surface area (Å²) in [5.74, 6) is -1.36. The van der Waals surface area contributed by atoms with Crippen LogP contribution in [0.4, 0.5) is 8.78 Å². The smallest absolute Gasteiger partial charge is 0.152 e. The number of halogens is 3. The van der Waals surface area contributed by atoms with Gasteiger partial charge < -0.3 is 5.73 Å².